The highest BCUT2D eigenvalue weighted by atomic mass is 16.5. The number of ether oxygens (including phenoxy) is 1. The molecule has 26 heavy (non-hydrogen) atoms. The number of aryl methyl sites for hydroxylation is 2. The minimum Gasteiger partial charge on any atom is -0.477 e. The predicted molar refractivity (Wildman–Crippen MR) is 99.7 cm³/mol. The van der Waals surface area contributed by atoms with Gasteiger partial charge < -0.3 is 9.84 Å². The number of fused-ring (bicyclic) bond motifs is 1. The summed E-state index contributed by atoms with van der Waals surface area (Å²) in [6.45, 7) is 8.42. The van der Waals surface area contributed by atoms with Crippen molar-refractivity contribution in [1.82, 2.24) is 14.6 Å². The number of benzene rings is 1. The smallest absolute Gasteiger partial charge is 0.354 e. The third kappa shape index (κ3) is 2.97. The summed E-state index contributed by atoms with van der Waals surface area (Å²) in [6.07, 6.45) is 0. The van der Waals surface area contributed by atoms with Crippen LogP contribution in [0.3, 0.4) is 0 Å². The normalized spacial score (nSPS) is 11.5. The molecule has 6 heteroatoms. The molecule has 0 unspecified atom stereocenters. The van der Waals surface area contributed by atoms with E-state index in [4.69, 9.17) is 9.84 Å². The van der Waals surface area contributed by atoms with Crippen LogP contribution < -0.4 is 0 Å². The first-order valence-corrected chi connectivity index (χ1v) is 8.56. The monoisotopic (exact) mass is 353 g/mol. The van der Waals surface area contributed by atoms with Crippen molar-refractivity contribution >= 4 is 11.6 Å². The second-order valence-electron chi connectivity index (χ2n) is 6.78. The first-order chi connectivity index (χ1) is 12.3. The number of carbonyl (C=O) groups is 1. The number of hydrogen-bond acceptors (Lipinski definition) is 4. The Balaban J connectivity index is 2.47. The quantitative estimate of drug-likeness (QED) is 0.751. The average molecular weight is 353 g/mol. The summed E-state index contributed by atoms with van der Waals surface area (Å²) in [5, 5.41) is 14.2. The third-order valence-electron chi connectivity index (χ3n) is 4.51. The summed E-state index contributed by atoms with van der Waals surface area (Å²) in [7, 11) is 1.62. The summed E-state index contributed by atoms with van der Waals surface area (Å²) in [4.78, 5) is 16.0. The number of hydrogen-bond donors (Lipinski definition) is 1. The molecule has 0 saturated carbocycles. The van der Waals surface area contributed by atoms with Gasteiger partial charge in [-0.3, -0.25) is 0 Å². The van der Waals surface area contributed by atoms with Crippen LogP contribution in [-0.4, -0.2) is 32.8 Å². The van der Waals surface area contributed by atoms with Crippen LogP contribution in [0.15, 0.2) is 24.3 Å². The maximum atomic E-state index is 11.6. The number of carboxylic acid groups (broad SMARTS) is 1. The molecule has 3 rings (SSSR count). The van der Waals surface area contributed by atoms with E-state index in [1.807, 2.05) is 45.9 Å². The summed E-state index contributed by atoms with van der Waals surface area (Å²) >= 11 is 0. The molecule has 0 bridgehead atoms. The Morgan fingerprint density at radius 1 is 1.23 bits per heavy atom. The lowest BCUT2D eigenvalue weighted by Gasteiger charge is -2.12. The van der Waals surface area contributed by atoms with E-state index in [0.717, 1.165) is 33.6 Å². The fourth-order valence-corrected chi connectivity index (χ4v) is 3.31. The summed E-state index contributed by atoms with van der Waals surface area (Å²) in [5.74, 6) is -0.948. The maximum Gasteiger partial charge on any atom is 0.354 e. The number of nitrogens with zero attached hydrogens (tertiary/aromatic N) is 3. The number of methoxy groups -OCH3 is 1. The lowest BCUT2D eigenvalue weighted by Crippen LogP contribution is -2.09. The van der Waals surface area contributed by atoms with Gasteiger partial charge in [-0.15, -0.1) is 0 Å². The molecule has 3 aromatic rings. The second kappa shape index (κ2) is 6.88. The molecule has 0 fully saturated rings. The zero-order valence-corrected chi connectivity index (χ0v) is 15.7. The van der Waals surface area contributed by atoms with E-state index < -0.39 is 5.97 Å². The molecule has 0 amide bonds. The van der Waals surface area contributed by atoms with E-state index in [1.165, 1.54) is 0 Å². The largest absolute Gasteiger partial charge is 0.477 e. The molecule has 2 heterocycles. The molecule has 0 saturated heterocycles. The minimum absolute atomic E-state index is 0.0255. The number of rotatable bonds is 5. The molecule has 0 spiro atoms. The van der Waals surface area contributed by atoms with Crippen molar-refractivity contribution < 1.29 is 14.6 Å². The van der Waals surface area contributed by atoms with Gasteiger partial charge in [-0.05, 0) is 42.5 Å². The maximum absolute atomic E-state index is 11.6. The summed E-state index contributed by atoms with van der Waals surface area (Å²) in [5.41, 5.74) is 6.18. The van der Waals surface area contributed by atoms with Crippen LogP contribution in [0.4, 0.5) is 0 Å². The Morgan fingerprint density at radius 3 is 2.42 bits per heavy atom. The van der Waals surface area contributed by atoms with Gasteiger partial charge in [0.2, 0.25) is 0 Å². The van der Waals surface area contributed by atoms with Crippen LogP contribution in [0.2, 0.25) is 0 Å². The van der Waals surface area contributed by atoms with E-state index >= 15 is 0 Å². The van der Waals surface area contributed by atoms with Crippen molar-refractivity contribution in [2.75, 3.05) is 7.11 Å². The highest BCUT2D eigenvalue weighted by Gasteiger charge is 2.23. The molecule has 2 aromatic heterocycles. The zero-order valence-electron chi connectivity index (χ0n) is 15.7. The molecule has 136 valence electrons. The van der Waals surface area contributed by atoms with Crippen LogP contribution in [0.25, 0.3) is 16.8 Å². The molecular formula is C20H23N3O3. The molecule has 1 aromatic carbocycles. The molecule has 0 aliphatic carbocycles. The summed E-state index contributed by atoms with van der Waals surface area (Å²) in [6, 6.07) is 7.67. The topological polar surface area (TPSA) is 76.7 Å². The predicted octanol–water partition coefficient (Wildman–Crippen LogP) is 3.98. The van der Waals surface area contributed by atoms with Crippen molar-refractivity contribution in [2.45, 2.75) is 40.2 Å². The SMILES string of the molecule is COCc1nn2c(C(C)C)cc(C(=O)O)nc2c1-c1c(C)cccc1C. The van der Waals surface area contributed by atoms with Crippen LogP contribution in [-0.2, 0) is 11.3 Å². The highest BCUT2D eigenvalue weighted by molar-refractivity contribution is 5.89. The minimum atomic E-state index is -1.05. The summed E-state index contributed by atoms with van der Waals surface area (Å²) < 4.78 is 7.11. The van der Waals surface area contributed by atoms with Crippen molar-refractivity contribution in [3.05, 3.63) is 52.5 Å². The zero-order chi connectivity index (χ0) is 19.0. The fraction of sp³-hybridized carbons (Fsp3) is 0.350. The van der Waals surface area contributed by atoms with Crippen LogP contribution in [0.5, 0.6) is 0 Å². The van der Waals surface area contributed by atoms with E-state index in [1.54, 1.807) is 17.7 Å². The van der Waals surface area contributed by atoms with Crippen LogP contribution in [0, 0.1) is 13.8 Å². The van der Waals surface area contributed by atoms with Crippen molar-refractivity contribution in [1.29, 1.82) is 0 Å². The van der Waals surface area contributed by atoms with Gasteiger partial charge in [-0.1, -0.05) is 32.0 Å². The van der Waals surface area contributed by atoms with Crippen LogP contribution in [0.1, 0.15) is 52.8 Å². The molecule has 0 radical (unpaired) electrons. The van der Waals surface area contributed by atoms with Gasteiger partial charge in [-0.25, -0.2) is 14.3 Å². The van der Waals surface area contributed by atoms with E-state index in [9.17, 15) is 9.90 Å². The van der Waals surface area contributed by atoms with Gasteiger partial charge in [-0.2, -0.15) is 5.10 Å². The molecular weight excluding hydrogens is 330 g/mol. The standard InChI is InChI=1S/C20H23N3O3/c1-11(2)16-9-14(20(24)25)21-19-18(15(10-26-5)22-23(16)19)17-12(3)7-6-8-13(17)4/h6-9,11H,10H2,1-5H3,(H,24,25). The average Bonchev–Trinajstić information content (AvgIpc) is 2.92. The highest BCUT2D eigenvalue weighted by Crippen LogP contribution is 2.34. The van der Waals surface area contributed by atoms with Gasteiger partial charge in [0.1, 0.15) is 0 Å². The van der Waals surface area contributed by atoms with Crippen molar-refractivity contribution in [3.63, 3.8) is 0 Å². The first kappa shape index (κ1) is 18.1. The van der Waals surface area contributed by atoms with Gasteiger partial charge in [0.15, 0.2) is 11.3 Å². The Bertz CT molecular complexity index is 969. The van der Waals surface area contributed by atoms with Gasteiger partial charge in [0, 0.05) is 12.8 Å². The van der Waals surface area contributed by atoms with Crippen LogP contribution >= 0.6 is 0 Å². The molecule has 0 atom stereocenters. The van der Waals surface area contributed by atoms with Crippen molar-refractivity contribution in [3.8, 4) is 11.1 Å². The van der Waals surface area contributed by atoms with Gasteiger partial charge >= 0.3 is 5.97 Å². The Morgan fingerprint density at radius 2 is 1.88 bits per heavy atom. The van der Waals surface area contributed by atoms with Gasteiger partial charge in [0.05, 0.1) is 17.9 Å². The van der Waals surface area contributed by atoms with Crippen molar-refractivity contribution in [2.24, 2.45) is 0 Å². The van der Waals surface area contributed by atoms with E-state index in [0.29, 0.717) is 12.3 Å². The lowest BCUT2D eigenvalue weighted by atomic mass is 9.95. The third-order valence-corrected chi connectivity index (χ3v) is 4.51. The number of aromatic nitrogens is 3. The van der Waals surface area contributed by atoms with E-state index in [-0.39, 0.29) is 11.6 Å². The molecule has 0 aliphatic heterocycles. The Labute approximate surface area is 152 Å². The molecule has 0 aliphatic rings. The fourth-order valence-electron chi connectivity index (χ4n) is 3.31. The molecule has 6 nitrogen and oxygen atoms in total. The van der Waals surface area contributed by atoms with E-state index in [2.05, 4.69) is 4.98 Å². The number of aromatic carboxylic acids is 1. The molecule has 1 N–H and O–H groups in total. The Kier molecular flexibility index (Phi) is 4.78. The second-order valence-corrected chi connectivity index (χ2v) is 6.78. The lowest BCUT2D eigenvalue weighted by molar-refractivity contribution is 0.0690. The first-order valence-electron chi connectivity index (χ1n) is 8.56. The van der Waals surface area contributed by atoms with Gasteiger partial charge in [0.25, 0.3) is 0 Å². The Hall–Kier alpha value is -2.73. The number of carboxylic acids is 1.